The zero-order valence-corrected chi connectivity index (χ0v) is 7.33. The topological polar surface area (TPSA) is 32.9 Å². The summed E-state index contributed by atoms with van der Waals surface area (Å²) < 4.78 is 12.6. The number of nitrogens with one attached hydrogen (secondary N) is 1. The molecule has 0 bridgehead atoms. The number of halogens is 1. The molecule has 0 spiro atoms. The molecule has 2 nitrogen and oxygen atoms in total. The number of hydrogen-bond acceptors (Lipinski definition) is 1. The molecule has 2 rings (SSSR count). The van der Waals surface area contributed by atoms with E-state index in [1.165, 1.54) is 12.1 Å². The third-order valence-corrected chi connectivity index (χ3v) is 1.96. The molecule has 0 unspecified atom stereocenters. The third-order valence-electron chi connectivity index (χ3n) is 1.96. The van der Waals surface area contributed by atoms with Crippen LogP contribution in [0.1, 0.15) is 0 Å². The molecule has 0 saturated heterocycles. The zero-order chi connectivity index (χ0) is 9.97. The van der Waals surface area contributed by atoms with Crippen molar-refractivity contribution in [3.63, 3.8) is 0 Å². The third kappa shape index (κ3) is 1.57. The number of H-pyrrole nitrogens is 1. The first-order chi connectivity index (χ1) is 6.77. The van der Waals surface area contributed by atoms with Crippen LogP contribution in [0.25, 0.3) is 11.1 Å². The summed E-state index contributed by atoms with van der Waals surface area (Å²) in [5, 5.41) is 0. The largest absolute Gasteiger partial charge is 0.298 e. The van der Waals surface area contributed by atoms with Crippen LogP contribution in [-0.4, -0.2) is 4.98 Å². The smallest absolute Gasteiger partial charge is 0.257 e. The van der Waals surface area contributed by atoms with Gasteiger partial charge in [0.15, 0.2) is 5.95 Å². The highest BCUT2D eigenvalue weighted by molar-refractivity contribution is 5.61. The van der Waals surface area contributed by atoms with Crippen molar-refractivity contribution in [2.75, 3.05) is 0 Å². The van der Waals surface area contributed by atoms with E-state index < -0.39 is 11.5 Å². The van der Waals surface area contributed by atoms with Crippen molar-refractivity contribution in [2.45, 2.75) is 0 Å². The summed E-state index contributed by atoms with van der Waals surface area (Å²) in [6.07, 6.45) is 0. The normalized spacial score (nSPS) is 10.1. The first kappa shape index (κ1) is 8.69. The van der Waals surface area contributed by atoms with Crippen molar-refractivity contribution in [1.29, 1.82) is 0 Å². The molecule has 2 aromatic rings. The van der Waals surface area contributed by atoms with E-state index in [-0.39, 0.29) is 0 Å². The molecule has 0 radical (unpaired) electrons. The maximum absolute atomic E-state index is 12.6. The Morgan fingerprint density at radius 2 is 1.71 bits per heavy atom. The number of aromatic nitrogens is 1. The Balaban J connectivity index is 2.59. The van der Waals surface area contributed by atoms with Gasteiger partial charge in [-0.3, -0.25) is 9.78 Å². The molecule has 0 aliphatic rings. The quantitative estimate of drug-likeness (QED) is 0.685. The van der Waals surface area contributed by atoms with Gasteiger partial charge in [0.25, 0.3) is 5.56 Å². The number of pyridine rings is 1. The maximum Gasteiger partial charge on any atom is 0.257 e. The lowest BCUT2D eigenvalue weighted by Crippen LogP contribution is -2.09. The summed E-state index contributed by atoms with van der Waals surface area (Å²) >= 11 is 0. The highest BCUT2D eigenvalue weighted by Crippen LogP contribution is 2.13. The predicted octanol–water partition coefficient (Wildman–Crippen LogP) is 2.18. The summed E-state index contributed by atoms with van der Waals surface area (Å²) in [6, 6.07) is 11.9. The van der Waals surface area contributed by atoms with Crippen molar-refractivity contribution < 1.29 is 4.39 Å². The zero-order valence-electron chi connectivity index (χ0n) is 7.33. The molecular formula is C11H8FNO. The van der Waals surface area contributed by atoms with E-state index in [0.717, 1.165) is 5.56 Å². The predicted molar refractivity (Wildman–Crippen MR) is 52.5 cm³/mol. The SMILES string of the molecule is O=c1[nH]c(F)ccc1-c1ccccc1. The van der Waals surface area contributed by atoms with Crippen LogP contribution in [0.15, 0.2) is 47.3 Å². The van der Waals surface area contributed by atoms with Crippen LogP contribution >= 0.6 is 0 Å². The Labute approximate surface area is 80.0 Å². The molecule has 0 fully saturated rings. The molecule has 0 atom stereocenters. The van der Waals surface area contributed by atoms with Crippen molar-refractivity contribution in [3.05, 3.63) is 58.8 Å². The van der Waals surface area contributed by atoms with Gasteiger partial charge < -0.3 is 0 Å². The van der Waals surface area contributed by atoms with Crippen molar-refractivity contribution in [3.8, 4) is 11.1 Å². The Hall–Kier alpha value is -1.90. The minimum atomic E-state index is -0.616. The molecule has 0 aliphatic heterocycles. The number of benzene rings is 1. The Morgan fingerprint density at radius 3 is 2.36 bits per heavy atom. The van der Waals surface area contributed by atoms with Crippen LogP contribution in [-0.2, 0) is 0 Å². The summed E-state index contributed by atoms with van der Waals surface area (Å²) in [5.74, 6) is -0.616. The highest BCUT2D eigenvalue weighted by atomic mass is 19.1. The van der Waals surface area contributed by atoms with Gasteiger partial charge >= 0.3 is 0 Å². The van der Waals surface area contributed by atoms with Gasteiger partial charge in [0.2, 0.25) is 0 Å². The first-order valence-electron chi connectivity index (χ1n) is 4.21. The van der Waals surface area contributed by atoms with Gasteiger partial charge in [-0.1, -0.05) is 30.3 Å². The van der Waals surface area contributed by atoms with Gasteiger partial charge in [-0.15, -0.1) is 0 Å². The standard InChI is InChI=1S/C11H8FNO/c12-10-7-6-9(11(14)13-10)8-4-2-1-3-5-8/h1-7H,(H,13,14). The lowest BCUT2D eigenvalue weighted by molar-refractivity contribution is 0.580. The molecule has 14 heavy (non-hydrogen) atoms. The summed E-state index contributed by atoms with van der Waals surface area (Å²) in [5.41, 5.74) is 0.858. The van der Waals surface area contributed by atoms with E-state index in [1.807, 2.05) is 30.3 Å². The second-order valence-corrected chi connectivity index (χ2v) is 2.92. The number of hydrogen-bond donors (Lipinski definition) is 1. The second-order valence-electron chi connectivity index (χ2n) is 2.92. The van der Waals surface area contributed by atoms with Gasteiger partial charge in [0.1, 0.15) is 0 Å². The van der Waals surface area contributed by atoms with Gasteiger partial charge in [-0.2, -0.15) is 4.39 Å². The fourth-order valence-electron chi connectivity index (χ4n) is 1.29. The molecule has 1 aromatic heterocycles. The minimum absolute atomic E-state index is 0.406. The molecule has 0 saturated carbocycles. The second kappa shape index (κ2) is 3.46. The van der Waals surface area contributed by atoms with E-state index in [2.05, 4.69) is 4.98 Å². The van der Waals surface area contributed by atoms with Crippen LogP contribution < -0.4 is 5.56 Å². The van der Waals surface area contributed by atoms with Crippen LogP contribution in [0, 0.1) is 5.95 Å². The average molecular weight is 189 g/mol. The van der Waals surface area contributed by atoms with E-state index >= 15 is 0 Å². The minimum Gasteiger partial charge on any atom is -0.298 e. The van der Waals surface area contributed by atoms with Crippen LogP contribution in [0.5, 0.6) is 0 Å². The van der Waals surface area contributed by atoms with E-state index in [4.69, 9.17) is 0 Å². The molecule has 0 aliphatic carbocycles. The summed E-state index contributed by atoms with van der Waals surface area (Å²) in [7, 11) is 0. The molecule has 1 heterocycles. The number of rotatable bonds is 1. The van der Waals surface area contributed by atoms with Gasteiger partial charge in [0, 0.05) is 5.56 Å². The molecule has 0 amide bonds. The van der Waals surface area contributed by atoms with Crippen molar-refractivity contribution in [2.24, 2.45) is 0 Å². The lowest BCUT2D eigenvalue weighted by atomic mass is 10.1. The van der Waals surface area contributed by atoms with Crippen LogP contribution in [0.3, 0.4) is 0 Å². The Bertz CT molecular complexity index is 490. The molecule has 1 aromatic carbocycles. The van der Waals surface area contributed by atoms with Gasteiger partial charge in [-0.05, 0) is 17.7 Å². The Morgan fingerprint density at radius 1 is 1.00 bits per heavy atom. The molecule has 3 heteroatoms. The van der Waals surface area contributed by atoms with E-state index in [9.17, 15) is 9.18 Å². The van der Waals surface area contributed by atoms with Crippen LogP contribution in [0.4, 0.5) is 4.39 Å². The molecular weight excluding hydrogens is 181 g/mol. The average Bonchev–Trinajstić information content (AvgIpc) is 2.19. The van der Waals surface area contributed by atoms with Gasteiger partial charge in [0.05, 0.1) is 0 Å². The lowest BCUT2D eigenvalue weighted by Gasteiger charge is -1.98. The van der Waals surface area contributed by atoms with Crippen molar-refractivity contribution >= 4 is 0 Å². The van der Waals surface area contributed by atoms with Crippen molar-refractivity contribution in [1.82, 2.24) is 4.98 Å². The summed E-state index contributed by atoms with van der Waals surface area (Å²) in [4.78, 5) is 13.5. The van der Waals surface area contributed by atoms with E-state index in [0.29, 0.717) is 5.56 Å². The highest BCUT2D eigenvalue weighted by Gasteiger charge is 2.02. The first-order valence-corrected chi connectivity index (χ1v) is 4.21. The maximum atomic E-state index is 12.6. The molecule has 1 N–H and O–H groups in total. The van der Waals surface area contributed by atoms with E-state index in [1.54, 1.807) is 0 Å². The van der Waals surface area contributed by atoms with Gasteiger partial charge in [-0.25, -0.2) is 0 Å². The molecule has 70 valence electrons. The number of aromatic amines is 1. The van der Waals surface area contributed by atoms with Crippen LogP contribution in [0.2, 0.25) is 0 Å². The monoisotopic (exact) mass is 189 g/mol. The summed E-state index contributed by atoms with van der Waals surface area (Å²) in [6.45, 7) is 0. The Kier molecular flexibility index (Phi) is 2.14. The fourth-order valence-corrected chi connectivity index (χ4v) is 1.29. The fraction of sp³-hybridized carbons (Fsp3) is 0.